The fourth-order valence-electron chi connectivity index (χ4n) is 2.04. The van der Waals surface area contributed by atoms with E-state index in [1.807, 2.05) is 21.0 Å². The first-order chi connectivity index (χ1) is 9.85. The van der Waals surface area contributed by atoms with Gasteiger partial charge in [0.05, 0.1) is 12.3 Å². The largest absolute Gasteiger partial charge is 0.492 e. The summed E-state index contributed by atoms with van der Waals surface area (Å²) in [7, 11) is 3.99. The van der Waals surface area contributed by atoms with Gasteiger partial charge in [-0.1, -0.05) is 13.8 Å². The molecule has 0 aromatic heterocycles. The van der Waals surface area contributed by atoms with Crippen LogP contribution in [-0.4, -0.2) is 44.1 Å². The zero-order chi connectivity index (χ0) is 16.0. The molecule has 0 radical (unpaired) electrons. The topological polar surface area (TPSA) is 67.6 Å². The second-order valence-corrected chi connectivity index (χ2v) is 5.77. The predicted molar refractivity (Wildman–Crippen MR) is 86.7 cm³/mol. The maximum atomic E-state index is 12.3. The van der Waals surface area contributed by atoms with Crippen LogP contribution in [0.1, 0.15) is 31.1 Å². The Bertz CT molecular complexity index is 473. The number of nitrogens with two attached hydrogens (primary N) is 1. The van der Waals surface area contributed by atoms with Crippen LogP contribution in [0.25, 0.3) is 0 Å². The summed E-state index contributed by atoms with van der Waals surface area (Å²) in [6.07, 6.45) is 0. The minimum atomic E-state index is -0.106. The van der Waals surface area contributed by atoms with Crippen molar-refractivity contribution >= 4 is 11.6 Å². The van der Waals surface area contributed by atoms with Gasteiger partial charge in [0.2, 0.25) is 0 Å². The highest BCUT2D eigenvalue weighted by Crippen LogP contribution is 2.22. The van der Waals surface area contributed by atoms with Crippen molar-refractivity contribution in [1.29, 1.82) is 0 Å². The highest BCUT2D eigenvalue weighted by atomic mass is 16.5. The minimum absolute atomic E-state index is 0.0975. The molecule has 1 aromatic carbocycles. The van der Waals surface area contributed by atoms with Crippen LogP contribution in [0.4, 0.5) is 5.69 Å². The second-order valence-electron chi connectivity index (χ2n) is 5.77. The van der Waals surface area contributed by atoms with Gasteiger partial charge >= 0.3 is 0 Å². The van der Waals surface area contributed by atoms with Gasteiger partial charge in [-0.05, 0) is 45.1 Å². The number of carbonyl (C=O) groups excluding carboxylic acids is 1. The van der Waals surface area contributed by atoms with Crippen molar-refractivity contribution in [2.75, 3.05) is 33.0 Å². The number of anilines is 1. The quantitative estimate of drug-likeness (QED) is 0.754. The molecule has 0 aliphatic rings. The summed E-state index contributed by atoms with van der Waals surface area (Å²) in [6.45, 7) is 7.44. The van der Waals surface area contributed by atoms with E-state index >= 15 is 0 Å². The molecule has 0 bridgehead atoms. The van der Waals surface area contributed by atoms with E-state index in [1.54, 1.807) is 18.2 Å². The third-order valence-electron chi connectivity index (χ3n) is 3.25. The Morgan fingerprint density at radius 2 is 2.05 bits per heavy atom. The lowest BCUT2D eigenvalue weighted by Crippen LogP contribution is -2.45. The van der Waals surface area contributed by atoms with Crippen LogP contribution in [0.15, 0.2) is 18.2 Å². The van der Waals surface area contributed by atoms with Crippen molar-refractivity contribution in [3.05, 3.63) is 23.8 Å². The monoisotopic (exact) mass is 293 g/mol. The Morgan fingerprint density at radius 3 is 2.52 bits per heavy atom. The lowest BCUT2D eigenvalue weighted by Gasteiger charge is -2.25. The number of carbonyl (C=O) groups is 1. The lowest BCUT2D eigenvalue weighted by atomic mass is 10.0. The van der Waals surface area contributed by atoms with E-state index in [-0.39, 0.29) is 11.9 Å². The number of nitrogens with one attached hydrogen (secondary N) is 1. The number of likely N-dealkylation sites (N-methyl/N-ethyl adjacent to an activating group) is 1. The molecule has 3 N–H and O–H groups in total. The second kappa shape index (κ2) is 7.88. The van der Waals surface area contributed by atoms with Gasteiger partial charge in [0.1, 0.15) is 5.75 Å². The zero-order valence-corrected chi connectivity index (χ0v) is 13.6. The summed E-state index contributed by atoms with van der Waals surface area (Å²) in [5, 5.41) is 3.07. The molecule has 0 heterocycles. The third kappa shape index (κ3) is 5.27. The van der Waals surface area contributed by atoms with Gasteiger partial charge in [0, 0.05) is 18.2 Å². The lowest BCUT2D eigenvalue weighted by molar-refractivity contribution is 0.0916. The van der Waals surface area contributed by atoms with Gasteiger partial charge in [0.15, 0.2) is 0 Å². The van der Waals surface area contributed by atoms with Gasteiger partial charge < -0.3 is 20.7 Å². The number of rotatable bonds is 7. The predicted octanol–water partition coefficient (Wildman–Crippen LogP) is 1.98. The number of hydrogen-bond acceptors (Lipinski definition) is 4. The fourth-order valence-corrected chi connectivity index (χ4v) is 2.04. The molecular formula is C16H27N3O2. The first kappa shape index (κ1) is 17.3. The normalized spacial score (nSPS) is 12.5. The van der Waals surface area contributed by atoms with Gasteiger partial charge in [0.25, 0.3) is 5.91 Å². The first-order valence-corrected chi connectivity index (χ1v) is 7.33. The molecule has 21 heavy (non-hydrogen) atoms. The fraction of sp³-hybridized carbons (Fsp3) is 0.562. The standard InChI is InChI=1S/C16H27N3O2/c1-6-21-15-8-7-12(9-13(15)17)16(20)18-14(11(2)3)10-19(4)5/h7-9,11,14H,6,10,17H2,1-5H3,(H,18,20). The highest BCUT2D eigenvalue weighted by molar-refractivity contribution is 5.95. The molecule has 1 aromatic rings. The minimum Gasteiger partial charge on any atom is -0.492 e. The molecule has 0 aliphatic carbocycles. The number of hydrogen-bond donors (Lipinski definition) is 2. The Morgan fingerprint density at radius 1 is 1.38 bits per heavy atom. The van der Waals surface area contributed by atoms with E-state index in [0.29, 0.717) is 29.5 Å². The van der Waals surface area contributed by atoms with Crippen molar-refractivity contribution in [1.82, 2.24) is 10.2 Å². The summed E-state index contributed by atoms with van der Waals surface area (Å²) in [6, 6.07) is 5.24. The first-order valence-electron chi connectivity index (χ1n) is 7.33. The molecular weight excluding hydrogens is 266 g/mol. The molecule has 0 fully saturated rings. The smallest absolute Gasteiger partial charge is 0.251 e. The molecule has 1 amide bonds. The van der Waals surface area contributed by atoms with Crippen molar-refractivity contribution in [3.8, 4) is 5.75 Å². The van der Waals surface area contributed by atoms with E-state index in [0.717, 1.165) is 6.54 Å². The average molecular weight is 293 g/mol. The van der Waals surface area contributed by atoms with E-state index < -0.39 is 0 Å². The molecule has 0 spiro atoms. The van der Waals surface area contributed by atoms with Crippen LogP contribution in [0.5, 0.6) is 5.75 Å². The molecule has 118 valence electrons. The Balaban J connectivity index is 2.80. The van der Waals surface area contributed by atoms with Gasteiger partial charge in [-0.3, -0.25) is 4.79 Å². The molecule has 1 atom stereocenters. The maximum absolute atomic E-state index is 12.3. The van der Waals surface area contributed by atoms with Crippen LogP contribution >= 0.6 is 0 Å². The van der Waals surface area contributed by atoms with Crippen LogP contribution in [0, 0.1) is 5.92 Å². The van der Waals surface area contributed by atoms with E-state index in [9.17, 15) is 4.79 Å². The summed E-state index contributed by atoms with van der Waals surface area (Å²) >= 11 is 0. The Labute approximate surface area is 127 Å². The van der Waals surface area contributed by atoms with Crippen molar-refractivity contribution in [2.45, 2.75) is 26.8 Å². The van der Waals surface area contributed by atoms with E-state index in [1.165, 1.54) is 0 Å². The van der Waals surface area contributed by atoms with Crippen LogP contribution in [0.2, 0.25) is 0 Å². The van der Waals surface area contributed by atoms with Crippen LogP contribution in [-0.2, 0) is 0 Å². The highest BCUT2D eigenvalue weighted by Gasteiger charge is 2.18. The van der Waals surface area contributed by atoms with Gasteiger partial charge in [-0.15, -0.1) is 0 Å². The average Bonchev–Trinajstić information content (AvgIpc) is 2.39. The van der Waals surface area contributed by atoms with Gasteiger partial charge in [-0.2, -0.15) is 0 Å². The number of benzene rings is 1. The molecule has 0 saturated heterocycles. The number of nitrogens with zero attached hydrogens (tertiary/aromatic N) is 1. The van der Waals surface area contributed by atoms with Crippen molar-refractivity contribution in [3.63, 3.8) is 0 Å². The third-order valence-corrected chi connectivity index (χ3v) is 3.25. The number of ether oxygens (including phenoxy) is 1. The van der Waals surface area contributed by atoms with E-state index in [2.05, 4.69) is 24.1 Å². The molecule has 0 aliphatic heterocycles. The maximum Gasteiger partial charge on any atom is 0.251 e. The zero-order valence-electron chi connectivity index (χ0n) is 13.6. The molecule has 0 saturated carbocycles. The molecule has 5 nitrogen and oxygen atoms in total. The molecule has 1 rings (SSSR count). The SMILES string of the molecule is CCOc1ccc(C(=O)NC(CN(C)C)C(C)C)cc1N. The van der Waals surface area contributed by atoms with Crippen molar-refractivity contribution < 1.29 is 9.53 Å². The summed E-state index contributed by atoms with van der Waals surface area (Å²) in [5.41, 5.74) is 6.94. The Kier molecular flexibility index (Phi) is 6.49. The summed E-state index contributed by atoms with van der Waals surface area (Å²) in [5.74, 6) is 0.865. The molecule has 1 unspecified atom stereocenters. The molecule has 5 heteroatoms. The van der Waals surface area contributed by atoms with Gasteiger partial charge in [-0.25, -0.2) is 0 Å². The van der Waals surface area contributed by atoms with Crippen molar-refractivity contribution in [2.24, 2.45) is 5.92 Å². The summed E-state index contributed by atoms with van der Waals surface area (Å²) in [4.78, 5) is 14.4. The number of nitrogen functional groups attached to an aromatic ring is 1. The van der Waals surface area contributed by atoms with Crippen LogP contribution < -0.4 is 15.8 Å². The van der Waals surface area contributed by atoms with E-state index in [4.69, 9.17) is 10.5 Å². The number of amides is 1. The van der Waals surface area contributed by atoms with Crippen LogP contribution in [0.3, 0.4) is 0 Å². The summed E-state index contributed by atoms with van der Waals surface area (Å²) < 4.78 is 5.38. The Hall–Kier alpha value is -1.75.